The molecule has 6 heteroatoms. The molecule has 0 bridgehead atoms. The zero-order valence-electron chi connectivity index (χ0n) is 16.3. The van der Waals surface area contributed by atoms with Gasteiger partial charge < -0.3 is 20.3 Å². The lowest BCUT2D eigenvalue weighted by Crippen LogP contribution is -3.11. The van der Waals surface area contributed by atoms with Crippen LogP contribution in [0.2, 0.25) is 0 Å². The Morgan fingerprint density at radius 3 is 2.42 bits per heavy atom. The standard InChI is InChI=1S/C20H31N3O3/c1-14-6-5-7-18(15(14)2)22-20(25)13-23(3)12-19(24)21-16-8-10-17(26-4)11-9-16/h8-11,14-15,18H,5-7,12-13H2,1-4H3,(H,21,24)(H,22,25)/p+1/t14-,15-,18+/m1/s1. The molecule has 0 saturated heterocycles. The fourth-order valence-electron chi connectivity index (χ4n) is 3.53. The lowest BCUT2D eigenvalue weighted by Gasteiger charge is -2.34. The average molecular weight is 362 g/mol. The minimum Gasteiger partial charge on any atom is -0.497 e. The van der Waals surface area contributed by atoms with Crippen molar-refractivity contribution in [3.8, 4) is 5.75 Å². The highest BCUT2D eigenvalue weighted by Gasteiger charge is 2.28. The second kappa shape index (κ2) is 9.57. The van der Waals surface area contributed by atoms with Gasteiger partial charge in [-0.05, 0) is 42.5 Å². The molecule has 1 saturated carbocycles. The Labute approximate surface area is 156 Å². The van der Waals surface area contributed by atoms with E-state index in [0.29, 0.717) is 18.4 Å². The lowest BCUT2D eigenvalue weighted by molar-refractivity contribution is -0.862. The summed E-state index contributed by atoms with van der Waals surface area (Å²) in [6, 6.07) is 7.44. The van der Waals surface area contributed by atoms with Gasteiger partial charge in [-0.3, -0.25) is 9.59 Å². The van der Waals surface area contributed by atoms with Gasteiger partial charge in [0.15, 0.2) is 13.1 Å². The van der Waals surface area contributed by atoms with Crippen molar-refractivity contribution in [2.24, 2.45) is 11.8 Å². The van der Waals surface area contributed by atoms with Gasteiger partial charge in [-0.1, -0.05) is 26.7 Å². The summed E-state index contributed by atoms with van der Waals surface area (Å²) in [5, 5.41) is 6.00. The highest BCUT2D eigenvalue weighted by Crippen LogP contribution is 2.29. The van der Waals surface area contributed by atoms with E-state index in [-0.39, 0.29) is 24.4 Å². The van der Waals surface area contributed by atoms with E-state index in [4.69, 9.17) is 4.74 Å². The van der Waals surface area contributed by atoms with Gasteiger partial charge in [0.25, 0.3) is 11.8 Å². The first-order valence-corrected chi connectivity index (χ1v) is 9.43. The van der Waals surface area contributed by atoms with Crippen LogP contribution in [0.1, 0.15) is 33.1 Å². The van der Waals surface area contributed by atoms with Crippen LogP contribution in [0.25, 0.3) is 0 Å². The number of ether oxygens (including phenoxy) is 1. The first-order chi connectivity index (χ1) is 12.4. The topological polar surface area (TPSA) is 71.9 Å². The number of methoxy groups -OCH3 is 1. The van der Waals surface area contributed by atoms with E-state index in [0.717, 1.165) is 22.8 Å². The number of hydrogen-bond donors (Lipinski definition) is 3. The Hall–Kier alpha value is -2.08. The predicted octanol–water partition coefficient (Wildman–Crippen LogP) is 1.09. The molecule has 1 aliphatic rings. The van der Waals surface area contributed by atoms with E-state index >= 15 is 0 Å². The van der Waals surface area contributed by atoms with E-state index in [1.54, 1.807) is 31.4 Å². The molecule has 0 heterocycles. The van der Waals surface area contributed by atoms with Gasteiger partial charge in [0.2, 0.25) is 0 Å². The smallest absolute Gasteiger partial charge is 0.279 e. The van der Waals surface area contributed by atoms with Crippen molar-refractivity contribution in [3.05, 3.63) is 24.3 Å². The van der Waals surface area contributed by atoms with Crippen molar-refractivity contribution in [2.45, 2.75) is 39.2 Å². The van der Waals surface area contributed by atoms with Gasteiger partial charge in [0.1, 0.15) is 5.75 Å². The second-order valence-corrected chi connectivity index (χ2v) is 7.53. The molecule has 144 valence electrons. The van der Waals surface area contributed by atoms with E-state index in [1.165, 1.54) is 12.8 Å². The number of likely N-dealkylation sites (N-methyl/N-ethyl adjacent to an activating group) is 1. The molecular weight excluding hydrogens is 330 g/mol. The van der Waals surface area contributed by atoms with Crippen molar-refractivity contribution < 1.29 is 19.2 Å². The Bertz CT molecular complexity index is 603. The normalized spacial score (nSPS) is 23.8. The quantitative estimate of drug-likeness (QED) is 0.680. The molecule has 1 fully saturated rings. The fourth-order valence-corrected chi connectivity index (χ4v) is 3.53. The summed E-state index contributed by atoms with van der Waals surface area (Å²) in [6.07, 6.45) is 3.46. The number of amides is 2. The molecule has 1 aromatic carbocycles. The van der Waals surface area contributed by atoms with E-state index in [9.17, 15) is 9.59 Å². The number of anilines is 1. The molecule has 2 rings (SSSR count). The number of quaternary nitrogens is 1. The molecular formula is C20H32N3O3+. The Balaban J connectivity index is 1.75. The van der Waals surface area contributed by atoms with E-state index in [1.807, 2.05) is 7.05 Å². The van der Waals surface area contributed by atoms with Crippen molar-refractivity contribution in [2.75, 3.05) is 32.6 Å². The molecule has 0 aliphatic heterocycles. The molecule has 0 radical (unpaired) electrons. The van der Waals surface area contributed by atoms with Gasteiger partial charge in [0.05, 0.1) is 14.2 Å². The van der Waals surface area contributed by atoms with Crippen molar-refractivity contribution in [3.63, 3.8) is 0 Å². The molecule has 3 N–H and O–H groups in total. The Morgan fingerprint density at radius 2 is 1.77 bits per heavy atom. The Kier molecular flexibility index (Phi) is 7.45. The summed E-state index contributed by atoms with van der Waals surface area (Å²) in [7, 11) is 3.46. The van der Waals surface area contributed by atoms with Crippen LogP contribution >= 0.6 is 0 Å². The van der Waals surface area contributed by atoms with Crippen molar-refractivity contribution in [1.29, 1.82) is 0 Å². The number of nitrogens with one attached hydrogen (secondary N) is 3. The highest BCUT2D eigenvalue weighted by atomic mass is 16.5. The molecule has 0 aromatic heterocycles. The lowest BCUT2D eigenvalue weighted by atomic mass is 9.78. The first kappa shape index (κ1) is 20.2. The minimum atomic E-state index is -0.111. The minimum absolute atomic E-state index is 0.0192. The van der Waals surface area contributed by atoms with Crippen LogP contribution in [0.15, 0.2) is 24.3 Å². The van der Waals surface area contributed by atoms with Gasteiger partial charge >= 0.3 is 0 Å². The summed E-state index contributed by atoms with van der Waals surface area (Å²) in [6.45, 7) is 5.02. The van der Waals surface area contributed by atoms with Crippen LogP contribution in [0.5, 0.6) is 5.75 Å². The number of hydrogen-bond acceptors (Lipinski definition) is 3. The fraction of sp³-hybridized carbons (Fsp3) is 0.600. The molecule has 26 heavy (non-hydrogen) atoms. The largest absolute Gasteiger partial charge is 0.497 e. The van der Waals surface area contributed by atoms with Crippen LogP contribution in [0.3, 0.4) is 0 Å². The maximum Gasteiger partial charge on any atom is 0.279 e. The van der Waals surface area contributed by atoms with Gasteiger partial charge in [-0.25, -0.2) is 0 Å². The van der Waals surface area contributed by atoms with Gasteiger partial charge in [-0.15, -0.1) is 0 Å². The van der Waals surface area contributed by atoms with Gasteiger partial charge in [-0.2, -0.15) is 0 Å². The maximum atomic E-state index is 12.3. The maximum absolute atomic E-state index is 12.3. The zero-order valence-corrected chi connectivity index (χ0v) is 16.3. The molecule has 1 aliphatic carbocycles. The summed E-state index contributed by atoms with van der Waals surface area (Å²) in [5.41, 5.74) is 0.720. The molecule has 2 amide bonds. The van der Waals surface area contributed by atoms with Crippen LogP contribution in [0.4, 0.5) is 5.69 Å². The molecule has 0 spiro atoms. The zero-order chi connectivity index (χ0) is 19.1. The van der Waals surface area contributed by atoms with E-state index < -0.39 is 0 Å². The summed E-state index contributed by atoms with van der Waals surface area (Å²) >= 11 is 0. The molecule has 1 aromatic rings. The third-order valence-electron chi connectivity index (χ3n) is 5.35. The first-order valence-electron chi connectivity index (χ1n) is 9.43. The van der Waals surface area contributed by atoms with Crippen LogP contribution in [0, 0.1) is 11.8 Å². The van der Waals surface area contributed by atoms with Crippen LogP contribution in [-0.2, 0) is 9.59 Å². The summed E-state index contributed by atoms with van der Waals surface area (Å²) in [5.74, 6) is 1.81. The molecule has 1 unspecified atom stereocenters. The van der Waals surface area contributed by atoms with Gasteiger partial charge in [0, 0.05) is 11.7 Å². The Morgan fingerprint density at radius 1 is 1.12 bits per heavy atom. The SMILES string of the molecule is COc1ccc(NC(=O)C[NH+](C)CC(=O)N[C@H]2CCC[C@@H](C)[C@H]2C)cc1. The van der Waals surface area contributed by atoms with Crippen molar-refractivity contribution in [1.82, 2.24) is 5.32 Å². The summed E-state index contributed by atoms with van der Waals surface area (Å²) in [4.78, 5) is 25.3. The van der Waals surface area contributed by atoms with E-state index in [2.05, 4.69) is 24.5 Å². The third kappa shape index (κ3) is 6.02. The number of benzene rings is 1. The predicted molar refractivity (Wildman–Crippen MR) is 102 cm³/mol. The average Bonchev–Trinajstić information content (AvgIpc) is 2.59. The number of carbonyl (C=O) groups is 2. The third-order valence-corrected chi connectivity index (χ3v) is 5.35. The number of carbonyl (C=O) groups excluding carboxylic acids is 2. The number of rotatable bonds is 7. The van der Waals surface area contributed by atoms with Crippen LogP contribution in [-0.4, -0.2) is 45.1 Å². The highest BCUT2D eigenvalue weighted by molar-refractivity contribution is 5.91. The summed E-state index contributed by atoms with van der Waals surface area (Å²) < 4.78 is 5.10. The van der Waals surface area contributed by atoms with Crippen molar-refractivity contribution >= 4 is 17.5 Å². The monoisotopic (exact) mass is 362 g/mol. The molecule has 6 nitrogen and oxygen atoms in total. The van der Waals surface area contributed by atoms with Crippen LogP contribution < -0.4 is 20.3 Å². The second-order valence-electron chi connectivity index (χ2n) is 7.53. The molecule has 4 atom stereocenters.